The van der Waals surface area contributed by atoms with E-state index >= 15 is 0 Å². The van der Waals surface area contributed by atoms with Crippen molar-refractivity contribution in [3.63, 3.8) is 0 Å². The van der Waals surface area contributed by atoms with E-state index in [1.165, 1.54) is 50.5 Å². The lowest BCUT2D eigenvalue weighted by atomic mass is 10.1. The molecule has 0 radical (unpaired) electrons. The molecule has 1 aromatic rings. The summed E-state index contributed by atoms with van der Waals surface area (Å²) >= 11 is 0. The normalized spacial score (nSPS) is 11.9. The van der Waals surface area contributed by atoms with Gasteiger partial charge in [-0.2, -0.15) is 0 Å². The number of allylic oxidation sites excluding steroid dienone is 1. The van der Waals surface area contributed by atoms with Crippen molar-refractivity contribution in [1.82, 2.24) is 0 Å². The SMILES string of the molecule is C1=COc2ccccc2C1.CCCCCCCCCCCC(=O)O. The van der Waals surface area contributed by atoms with Crippen LogP contribution < -0.4 is 4.74 Å². The summed E-state index contributed by atoms with van der Waals surface area (Å²) in [6.07, 6.45) is 16.2. The summed E-state index contributed by atoms with van der Waals surface area (Å²) in [6.45, 7) is 2.23. The first-order valence-electron chi connectivity index (χ1n) is 9.35. The van der Waals surface area contributed by atoms with Crippen molar-refractivity contribution in [2.24, 2.45) is 0 Å². The quantitative estimate of drug-likeness (QED) is 0.524. The molecular weight excluding hydrogens is 300 g/mol. The van der Waals surface area contributed by atoms with Crippen LogP contribution in [0.15, 0.2) is 36.6 Å². The smallest absolute Gasteiger partial charge is 0.303 e. The number of ether oxygens (including phenoxy) is 1. The number of aliphatic carboxylic acids is 1. The summed E-state index contributed by atoms with van der Waals surface area (Å²) < 4.78 is 5.24. The van der Waals surface area contributed by atoms with Gasteiger partial charge in [-0.15, -0.1) is 0 Å². The Morgan fingerprint density at radius 1 is 1.00 bits per heavy atom. The van der Waals surface area contributed by atoms with Gasteiger partial charge in [-0.1, -0.05) is 76.5 Å². The van der Waals surface area contributed by atoms with Crippen LogP contribution in [0.25, 0.3) is 0 Å². The van der Waals surface area contributed by atoms with Gasteiger partial charge < -0.3 is 9.84 Å². The van der Waals surface area contributed by atoms with Crippen molar-refractivity contribution in [2.75, 3.05) is 0 Å². The molecule has 0 atom stereocenters. The predicted molar refractivity (Wildman–Crippen MR) is 99.4 cm³/mol. The number of unbranched alkanes of at least 4 members (excludes halogenated alkanes) is 8. The number of carbonyl (C=O) groups is 1. The molecule has 0 bridgehead atoms. The van der Waals surface area contributed by atoms with Crippen LogP contribution in [0.3, 0.4) is 0 Å². The van der Waals surface area contributed by atoms with E-state index in [2.05, 4.69) is 13.0 Å². The lowest BCUT2D eigenvalue weighted by Gasteiger charge is -2.09. The van der Waals surface area contributed by atoms with E-state index < -0.39 is 5.97 Å². The van der Waals surface area contributed by atoms with Crippen LogP contribution >= 0.6 is 0 Å². The van der Waals surface area contributed by atoms with E-state index in [1.54, 1.807) is 6.26 Å². The van der Waals surface area contributed by atoms with Crippen LogP contribution in [-0.4, -0.2) is 11.1 Å². The maximum absolute atomic E-state index is 10.2. The van der Waals surface area contributed by atoms with Gasteiger partial charge in [0.25, 0.3) is 0 Å². The Kier molecular flexibility index (Phi) is 11.5. The lowest BCUT2D eigenvalue weighted by molar-refractivity contribution is -0.137. The highest BCUT2D eigenvalue weighted by Gasteiger charge is 2.02. The Morgan fingerprint density at radius 3 is 2.25 bits per heavy atom. The molecule has 2 rings (SSSR count). The van der Waals surface area contributed by atoms with Crippen molar-refractivity contribution in [1.29, 1.82) is 0 Å². The van der Waals surface area contributed by atoms with Crippen molar-refractivity contribution >= 4 is 5.97 Å². The Bertz CT molecular complexity index is 453. The molecule has 0 saturated heterocycles. The minimum atomic E-state index is -0.659. The lowest BCUT2D eigenvalue weighted by Crippen LogP contribution is -1.94. The van der Waals surface area contributed by atoms with Crippen LogP contribution in [0.5, 0.6) is 5.75 Å². The molecule has 0 fully saturated rings. The molecular formula is C21H32O3. The second kappa shape index (κ2) is 13.6. The Morgan fingerprint density at radius 2 is 1.62 bits per heavy atom. The number of para-hydroxylation sites is 1. The summed E-state index contributed by atoms with van der Waals surface area (Å²) in [4.78, 5) is 10.2. The number of fused-ring (bicyclic) bond motifs is 1. The van der Waals surface area contributed by atoms with Gasteiger partial charge in [0.05, 0.1) is 6.26 Å². The fourth-order valence-electron chi connectivity index (χ4n) is 2.67. The van der Waals surface area contributed by atoms with E-state index in [1.807, 2.05) is 24.3 Å². The van der Waals surface area contributed by atoms with E-state index in [4.69, 9.17) is 9.84 Å². The zero-order valence-electron chi connectivity index (χ0n) is 15.0. The van der Waals surface area contributed by atoms with Gasteiger partial charge in [-0.25, -0.2) is 0 Å². The van der Waals surface area contributed by atoms with E-state index in [0.29, 0.717) is 6.42 Å². The summed E-state index contributed by atoms with van der Waals surface area (Å²) in [7, 11) is 0. The fraction of sp³-hybridized carbons (Fsp3) is 0.571. The summed E-state index contributed by atoms with van der Waals surface area (Å²) in [6, 6.07) is 8.08. The summed E-state index contributed by atoms with van der Waals surface area (Å²) in [5.74, 6) is 0.331. The first-order chi connectivity index (χ1) is 11.7. The van der Waals surface area contributed by atoms with Gasteiger partial charge in [0.2, 0.25) is 0 Å². The molecule has 0 aliphatic carbocycles. The number of benzene rings is 1. The monoisotopic (exact) mass is 332 g/mol. The average molecular weight is 332 g/mol. The highest BCUT2D eigenvalue weighted by Crippen LogP contribution is 2.21. The molecule has 24 heavy (non-hydrogen) atoms. The highest BCUT2D eigenvalue weighted by molar-refractivity contribution is 5.66. The van der Waals surface area contributed by atoms with E-state index in [0.717, 1.165) is 25.0 Å². The largest absolute Gasteiger partial charge is 0.481 e. The van der Waals surface area contributed by atoms with E-state index in [9.17, 15) is 4.79 Å². The molecule has 134 valence electrons. The molecule has 0 aromatic heterocycles. The van der Waals surface area contributed by atoms with Crippen LogP contribution in [0.2, 0.25) is 0 Å². The second-order valence-corrected chi connectivity index (χ2v) is 6.27. The second-order valence-electron chi connectivity index (χ2n) is 6.27. The Balaban J connectivity index is 0.000000250. The van der Waals surface area contributed by atoms with Crippen molar-refractivity contribution in [3.8, 4) is 5.75 Å². The van der Waals surface area contributed by atoms with Gasteiger partial charge in [0.15, 0.2) is 0 Å². The Hall–Kier alpha value is -1.77. The molecule has 1 heterocycles. The number of hydrogen-bond donors (Lipinski definition) is 1. The zero-order chi connectivity index (χ0) is 17.5. The third kappa shape index (κ3) is 10.1. The molecule has 0 spiro atoms. The van der Waals surface area contributed by atoms with Gasteiger partial charge in [0.1, 0.15) is 5.75 Å². The van der Waals surface area contributed by atoms with Crippen LogP contribution in [0.4, 0.5) is 0 Å². The fourth-order valence-corrected chi connectivity index (χ4v) is 2.67. The molecule has 1 aliphatic rings. The van der Waals surface area contributed by atoms with Gasteiger partial charge >= 0.3 is 5.97 Å². The van der Waals surface area contributed by atoms with Crippen molar-refractivity contribution in [3.05, 3.63) is 42.2 Å². The van der Waals surface area contributed by atoms with Crippen LogP contribution in [0, 0.1) is 0 Å². The zero-order valence-corrected chi connectivity index (χ0v) is 15.0. The maximum Gasteiger partial charge on any atom is 0.303 e. The number of carboxylic acids is 1. The average Bonchev–Trinajstić information content (AvgIpc) is 2.61. The number of hydrogen-bond acceptors (Lipinski definition) is 2. The van der Waals surface area contributed by atoms with Crippen molar-refractivity contribution < 1.29 is 14.6 Å². The first kappa shape index (κ1) is 20.3. The summed E-state index contributed by atoms with van der Waals surface area (Å²) in [5, 5.41) is 8.41. The first-order valence-corrected chi connectivity index (χ1v) is 9.35. The van der Waals surface area contributed by atoms with E-state index in [-0.39, 0.29) is 0 Å². The molecule has 0 unspecified atom stereocenters. The predicted octanol–water partition coefficient (Wildman–Crippen LogP) is 6.13. The third-order valence-electron chi connectivity index (χ3n) is 4.10. The molecule has 3 heteroatoms. The van der Waals surface area contributed by atoms with Crippen LogP contribution in [-0.2, 0) is 11.2 Å². The number of rotatable bonds is 10. The summed E-state index contributed by atoms with van der Waals surface area (Å²) in [5.41, 5.74) is 1.27. The number of carboxylic acid groups (broad SMARTS) is 1. The highest BCUT2D eigenvalue weighted by atomic mass is 16.5. The van der Waals surface area contributed by atoms with Gasteiger partial charge in [-0.05, 0) is 30.5 Å². The minimum absolute atomic E-state index is 0.343. The molecule has 1 N–H and O–H groups in total. The molecule has 0 saturated carbocycles. The van der Waals surface area contributed by atoms with Crippen molar-refractivity contribution in [2.45, 2.75) is 77.6 Å². The molecule has 1 aromatic carbocycles. The van der Waals surface area contributed by atoms with Gasteiger partial charge in [0, 0.05) is 6.42 Å². The Labute approximate surface area is 146 Å². The van der Waals surface area contributed by atoms with Gasteiger partial charge in [-0.3, -0.25) is 4.79 Å². The molecule has 1 aliphatic heterocycles. The topological polar surface area (TPSA) is 46.5 Å². The van der Waals surface area contributed by atoms with Crippen LogP contribution in [0.1, 0.15) is 76.7 Å². The molecule has 0 amide bonds. The minimum Gasteiger partial charge on any atom is -0.481 e. The third-order valence-corrected chi connectivity index (χ3v) is 4.10. The standard InChI is InChI=1S/C12H24O2.C9H8O/c1-2-3-4-5-6-7-8-9-10-11-12(13)14;1-2-6-9-8(4-1)5-3-7-10-9/h2-11H2,1H3,(H,13,14);1-4,6-7H,5H2. The maximum atomic E-state index is 10.2. The molecule has 3 nitrogen and oxygen atoms in total.